The Morgan fingerprint density at radius 3 is 2.41 bits per heavy atom. The van der Waals surface area contributed by atoms with E-state index in [-0.39, 0.29) is 5.91 Å². The number of rotatable bonds is 4. The first-order valence-corrected chi connectivity index (χ1v) is 10.6. The van der Waals surface area contributed by atoms with Crippen LogP contribution in [0.3, 0.4) is 0 Å². The molecule has 0 aliphatic rings. The molecule has 0 saturated carbocycles. The molecule has 0 unspecified atom stereocenters. The van der Waals surface area contributed by atoms with E-state index < -0.39 is 0 Å². The smallest absolute Gasteiger partial charge is 0.255 e. The number of nitrogens with one attached hydrogen (secondary N) is 1. The van der Waals surface area contributed by atoms with Crippen molar-refractivity contribution in [1.82, 2.24) is 9.38 Å². The third kappa shape index (κ3) is 3.67. The van der Waals surface area contributed by atoms with Crippen molar-refractivity contribution in [3.63, 3.8) is 0 Å². The van der Waals surface area contributed by atoms with E-state index >= 15 is 0 Å². The van der Waals surface area contributed by atoms with Crippen LogP contribution in [0.4, 0.5) is 5.69 Å². The van der Waals surface area contributed by atoms with E-state index in [4.69, 9.17) is 4.98 Å². The van der Waals surface area contributed by atoms with Gasteiger partial charge in [-0.25, -0.2) is 4.98 Å². The average molecular weight is 418 g/mol. The van der Waals surface area contributed by atoms with Crippen molar-refractivity contribution in [2.75, 3.05) is 5.32 Å². The van der Waals surface area contributed by atoms with Crippen LogP contribution < -0.4 is 5.32 Å². The van der Waals surface area contributed by atoms with Crippen LogP contribution in [0.5, 0.6) is 0 Å². The van der Waals surface area contributed by atoms with Crippen LogP contribution in [0.2, 0.25) is 0 Å². The van der Waals surface area contributed by atoms with Crippen LogP contribution in [-0.2, 0) is 0 Å². The van der Waals surface area contributed by atoms with Crippen molar-refractivity contribution in [3.8, 4) is 22.4 Å². The number of fused-ring (bicyclic) bond motifs is 1. The summed E-state index contributed by atoms with van der Waals surface area (Å²) in [6.45, 7) is 3.98. The summed E-state index contributed by atoms with van der Waals surface area (Å²) in [5.74, 6) is -0.117. The van der Waals surface area contributed by atoms with E-state index in [0.29, 0.717) is 5.56 Å². The molecule has 1 N–H and O–H groups in total. The molecule has 0 atom stereocenters. The number of hydrogen-bond acceptors (Lipinski definition) is 2. The van der Waals surface area contributed by atoms with Gasteiger partial charge in [-0.3, -0.25) is 9.20 Å². The summed E-state index contributed by atoms with van der Waals surface area (Å²) in [6.07, 6.45) is 3.92. The van der Waals surface area contributed by atoms with Gasteiger partial charge in [-0.15, -0.1) is 0 Å². The molecular weight excluding hydrogens is 394 g/mol. The highest BCUT2D eigenvalue weighted by atomic mass is 16.1. The normalized spacial score (nSPS) is 10.9. The van der Waals surface area contributed by atoms with Crippen molar-refractivity contribution in [2.24, 2.45) is 0 Å². The van der Waals surface area contributed by atoms with Gasteiger partial charge in [0.2, 0.25) is 0 Å². The van der Waals surface area contributed by atoms with Crippen molar-refractivity contribution in [2.45, 2.75) is 13.8 Å². The first-order valence-electron chi connectivity index (χ1n) is 10.6. The highest BCUT2D eigenvalue weighted by Crippen LogP contribution is 2.29. The van der Waals surface area contributed by atoms with Crippen molar-refractivity contribution < 1.29 is 4.79 Å². The molecule has 1 amide bonds. The third-order valence-electron chi connectivity index (χ3n) is 5.71. The third-order valence-corrected chi connectivity index (χ3v) is 5.71. The largest absolute Gasteiger partial charge is 0.322 e. The first kappa shape index (κ1) is 19.8. The van der Waals surface area contributed by atoms with Gasteiger partial charge < -0.3 is 5.32 Å². The maximum atomic E-state index is 13.0. The second-order valence-corrected chi connectivity index (χ2v) is 7.97. The molecule has 5 aromatic rings. The lowest BCUT2D eigenvalue weighted by Gasteiger charge is -2.11. The SMILES string of the molecule is Cc1ccc(NC(=O)c2cc(-c3cccn4c(-c5ccccc5)cnc34)ccc2C)cc1. The zero-order valence-electron chi connectivity index (χ0n) is 18.0. The van der Waals surface area contributed by atoms with Crippen molar-refractivity contribution >= 4 is 17.2 Å². The molecule has 3 aromatic carbocycles. The Bertz CT molecular complexity index is 1420. The molecule has 0 spiro atoms. The standard InChI is InChI=1S/C28H23N3O/c1-19-10-14-23(15-11-19)30-28(32)25-17-22(13-12-20(25)2)24-9-6-16-31-26(18-29-27(24)31)21-7-4-3-5-8-21/h3-18H,1-2H3,(H,30,32). The minimum Gasteiger partial charge on any atom is -0.322 e. The predicted molar refractivity (Wildman–Crippen MR) is 130 cm³/mol. The van der Waals surface area contributed by atoms with E-state index in [0.717, 1.165) is 44.8 Å². The van der Waals surface area contributed by atoms with Gasteiger partial charge in [0.1, 0.15) is 5.65 Å². The zero-order valence-corrected chi connectivity index (χ0v) is 18.0. The summed E-state index contributed by atoms with van der Waals surface area (Å²) < 4.78 is 2.09. The second-order valence-electron chi connectivity index (χ2n) is 7.97. The second kappa shape index (κ2) is 8.16. The number of nitrogens with zero attached hydrogens (tertiary/aromatic N) is 2. The van der Waals surface area contributed by atoms with Crippen LogP contribution in [0.25, 0.3) is 28.0 Å². The quantitative estimate of drug-likeness (QED) is 0.361. The van der Waals surface area contributed by atoms with Crippen LogP contribution in [0.15, 0.2) is 97.3 Å². The number of aromatic nitrogens is 2. The minimum absolute atomic E-state index is 0.117. The maximum absolute atomic E-state index is 13.0. The van der Waals surface area contributed by atoms with Crippen molar-refractivity contribution in [3.05, 3.63) is 114 Å². The number of benzene rings is 3. The summed E-state index contributed by atoms with van der Waals surface area (Å²) >= 11 is 0. The van der Waals surface area contributed by atoms with Gasteiger partial charge in [0.25, 0.3) is 5.91 Å². The van der Waals surface area contributed by atoms with Crippen LogP contribution in [-0.4, -0.2) is 15.3 Å². The number of amides is 1. The van der Waals surface area contributed by atoms with Crippen LogP contribution in [0, 0.1) is 13.8 Å². The summed E-state index contributed by atoms with van der Waals surface area (Å²) in [4.78, 5) is 17.7. The van der Waals surface area contributed by atoms with E-state index in [1.54, 1.807) is 0 Å². The molecule has 0 radical (unpaired) electrons. The molecule has 156 valence electrons. The number of anilines is 1. The lowest BCUT2D eigenvalue weighted by atomic mass is 9.99. The molecular formula is C28H23N3O. The Hall–Kier alpha value is -4.18. The average Bonchev–Trinajstić information content (AvgIpc) is 3.26. The van der Waals surface area contributed by atoms with E-state index in [2.05, 4.69) is 21.9 Å². The fraction of sp³-hybridized carbons (Fsp3) is 0.0714. The fourth-order valence-electron chi connectivity index (χ4n) is 3.93. The zero-order chi connectivity index (χ0) is 22.1. The minimum atomic E-state index is -0.117. The highest BCUT2D eigenvalue weighted by molar-refractivity contribution is 6.06. The Kier molecular flexibility index (Phi) is 5.04. The molecule has 4 nitrogen and oxygen atoms in total. The molecule has 0 saturated heterocycles. The van der Waals surface area contributed by atoms with Gasteiger partial charge in [0.15, 0.2) is 0 Å². The lowest BCUT2D eigenvalue weighted by molar-refractivity contribution is 0.102. The molecule has 5 rings (SSSR count). The van der Waals surface area contributed by atoms with Crippen LogP contribution in [0.1, 0.15) is 21.5 Å². The summed E-state index contributed by atoms with van der Waals surface area (Å²) in [5, 5.41) is 3.01. The summed E-state index contributed by atoms with van der Waals surface area (Å²) in [6, 6.07) is 28.1. The number of imidazole rings is 1. The van der Waals surface area contributed by atoms with Gasteiger partial charge in [-0.2, -0.15) is 0 Å². The van der Waals surface area contributed by atoms with E-state index in [9.17, 15) is 4.79 Å². The molecule has 0 aliphatic heterocycles. The molecule has 0 aliphatic carbocycles. The Balaban J connectivity index is 1.54. The molecule has 4 heteroatoms. The maximum Gasteiger partial charge on any atom is 0.255 e. The van der Waals surface area contributed by atoms with Gasteiger partial charge >= 0.3 is 0 Å². The first-order chi connectivity index (χ1) is 15.6. The number of carbonyl (C=O) groups is 1. The van der Waals surface area contributed by atoms with Gasteiger partial charge in [0.05, 0.1) is 11.9 Å². The van der Waals surface area contributed by atoms with Crippen molar-refractivity contribution in [1.29, 1.82) is 0 Å². The van der Waals surface area contributed by atoms with Gasteiger partial charge in [0, 0.05) is 28.6 Å². The predicted octanol–water partition coefficient (Wildman–Crippen LogP) is 6.54. The van der Waals surface area contributed by atoms with Gasteiger partial charge in [-0.1, -0.05) is 60.2 Å². The summed E-state index contributed by atoms with van der Waals surface area (Å²) in [7, 11) is 0. The highest BCUT2D eigenvalue weighted by Gasteiger charge is 2.14. The number of carbonyl (C=O) groups excluding carboxylic acids is 1. The van der Waals surface area contributed by atoms with Gasteiger partial charge in [-0.05, 0) is 55.3 Å². The fourth-order valence-corrected chi connectivity index (χ4v) is 3.93. The number of aryl methyl sites for hydroxylation is 2. The number of hydrogen-bond donors (Lipinski definition) is 1. The lowest BCUT2D eigenvalue weighted by Crippen LogP contribution is -2.13. The molecule has 2 heterocycles. The topological polar surface area (TPSA) is 46.4 Å². The Labute approximate surface area is 187 Å². The van der Waals surface area contributed by atoms with E-state index in [1.807, 2.05) is 99.0 Å². The summed E-state index contributed by atoms with van der Waals surface area (Å²) in [5.41, 5.74) is 8.47. The number of pyridine rings is 1. The Morgan fingerprint density at radius 2 is 1.62 bits per heavy atom. The van der Waals surface area contributed by atoms with E-state index in [1.165, 1.54) is 0 Å². The van der Waals surface area contributed by atoms with Crippen LogP contribution >= 0.6 is 0 Å². The molecule has 0 bridgehead atoms. The monoisotopic (exact) mass is 417 g/mol. The molecule has 2 aromatic heterocycles. The molecule has 32 heavy (non-hydrogen) atoms. The Morgan fingerprint density at radius 1 is 0.844 bits per heavy atom. The molecule has 0 fully saturated rings.